The van der Waals surface area contributed by atoms with Crippen molar-refractivity contribution in [1.82, 2.24) is 4.98 Å². The van der Waals surface area contributed by atoms with Gasteiger partial charge in [-0.3, -0.25) is 0 Å². The Labute approximate surface area is 108 Å². The van der Waals surface area contributed by atoms with Crippen molar-refractivity contribution < 1.29 is 13.2 Å². The normalized spacial score (nSPS) is 11.6. The maximum Gasteiger partial charge on any atom is 0.168 e. The highest BCUT2D eigenvalue weighted by molar-refractivity contribution is 7.90. The highest BCUT2D eigenvalue weighted by atomic mass is 32.2. The van der Waals surface area contributed by atoms with E-state index in [1.807, 2.05) is 19.9 Å². The molecule has 0 bridgehead atoms. The second kappa shape index (κ2) is 6.58. The molecular weight excluding hydrogens is 252 g/mol. The third-order valence-corrected chi connectivity index (χ3v) is 3.15. The molecule has 0 aromatic carbocycles. The van der Waals surface area contributed by atoms with Crippen LogP contribution in [0.3, 0.4) is 0 Å². The van der Waals surface area contributed by atoms with Gasteiger partial charge in [-0.2, -0.15) is 0 Å². The number of hydrogen-bond acceptors (Lipinski definition) is 5. The maximum absolute atomic E-state index is 11.0. The van der Waals surface area contributed by atoms with Crippen LogP contribution in [0.4, 0.5) is 5.82 Å². The van der Waals surface area contributed by atoms with E-state index < -0.39 is 9.84 Å². The highest BCUT2D eigenvalue weighted by Crippen LogP contribution is 2.21. The van der Waals surface area contributed by atoms with Crippen molar-refractivity contribution in [1.29, 1.82) is 0 Å². The molecule has 1 heterocycles. The predicted molar refractivity (Wildman–Crippen MR) is 72.8 cm³/mol. The Morgan fingerprint density at radius 3 is 2.78 bits per heavy atom. The van der Waals surface area contributed by atoms with Gasteiger partial charge in [0.25, 0.3) is 0 Å². The third kappa shape index (κ3) is 5.86. The monoisotopic (exact) mass is 272 g/mol. The number of nitrogens with zero attached hydrogens (tertiary/aromatic N) is 1. The van der Waals surface area contributed by atoms with E-state index in [1.54, 1.807) is 12.3 Å². The summed E-state index contributed by atoms with van der Waals surface area (Å²) >= 11 is 0. The van der Waals surface area contributed by atoms with Gasteiger partial charge in [-0.1, -0.05) is 0 Å². The molecule has 0 amide bonds. The number of pyridine rings is 1. The lowest BCUT2D eigenvalue weighted by atomic mass is 10.4. The van der Waals surface area contributed by atoms with Gasteiger partial charge >= 0.3 is 0 Å². The first-order valence-corrected chi connectivity index (χ1v) is 7.98. The van der Waals surface area contributed by atoms with Crippen molar-refractivity contribution in [2.75, 3.05) is 23.9 Å². The van der Waals surface area contributed by atoms with Gasteiger partial charge in [0.2, 0.25) is 0 Å². The smallest absolute Gasteiger partial charge is 0.168 e. The van der Waals surface area contributed by atoms with Gasteiger partial charge in [-0.25, -0.2) is 13.4 Å². The zero-order valence-electron chi connectivity index (χ0n) is 11.0. The topological polar surface area (TPSA) is 68.3 Å². The Bertz CT molecular complexity index is 472. The summed E-state index contributed by atoms with van der Waals surface area (Å²) in [5.41, 5.74) is 0. The Hall–Kier alpha value is -1.30. The first kappa shape index (κ1) is 14.8. The van der Waals surface area contributed by atoms with E-state index in [0.29, 0.717) is 24.5 Å². The standard InChI is InChI=1S/C12H20N2O3S/c1-10(2)17-11-6-4-7-13-12(11)14-8-5-9-18(3,15)16/h4,6-7,10H,5,8-9H2,1-3H3,(H,13,14). The summed E-state index contributed by atoms with van der Waals surface area (Å²) in [4.78, 5) is 4.18. The maximum atomic E-state index is 11.0. The van der Waals surface area contributed by atoms with Gasteiger partial charge in [0.05, 0.1) is 11.9 Å². The number of aromatic nitrogens is 1. The number of sulfone groups is 1. The van der Waals surface area contributed by atoms with Crippen molar-refractivity contribution in [2.45, 2.75) is 26.4 Å². The molecule has 0 aliphatic carbocycles. The summed E-state index contributed by atoms with van der Waals surface area (Å²) in [5, 5.41) is 3.09. The fraction of sp³-hybridized carbons (Fsp3) is 0.583. The molecule has 0 fully saturated rings. The summed E-state index contributed by atoms with van der Waals surface area (Å²) in [5.74, 6) is 1.51. The van der Waals surface area contributed by atoms with Crippen molar-refractivity contribution in [3.8, 4) is 5.75 Å². The van der Waals surface area contributed by atoms with Gasteiger partial charge in [-0.15, -0.1) is 0 Å². The van der Waals surface area contributed by atoms with E-state index in [-0.39, 0.29) is 11.9 Å². The Kier molecular flexibility index (Phi) is 5.40. The Balaban J connectivity index is 2.51. The van der Waals surface area contributed by atoms with Crippen LogP contribution in [0.5, 0.6) is 5.75 Å². The van der Waals surface area contributed by atoms with E-state index >= 15 is 0 Å². The molecule has 0 saturated carbocycles. The molecule has 102 valence electrons. The molecule has 1 aromatic rings. The van der Waals surface area contributed by atoms with Crippen LogP contribution in [-0.2, 0) is 9.84 Å². The average Bonchev–Trinajstić information content (AvgIpc) is 2.24. The van der Waals surface area contributed by atoms with Crippen molar-refractivity contribution in [3.05, 3.63) is 18.3 Å². The summed E-state index contributed by atoms with van der Waals surface area (Å²) in [6.07, 6.45) is 3.54. The molecule has 1 aromatic heterocycles. The van der Waals surface area contributed by atoms with E-state index in [0.717, 1.165) is 0 Å². The average molecular weight is 272 g/mol. The van der Waals surface area contributed by atoms with E-state index in [9.17, 15) is 8.42 Å². The van der Waals surface area contributed by atoms with Crippen LogP contribution in [0, 0.1) is 0 Å². The third-order valence-electron chi connectivity index (χ3n) is 2.12. The Morgan fingerprint density at radius 1 is 1.44 bits per heavy atom. The lowest BCUT2D eigenvalue weighted by molar-refractivity contribution is 0.243. The van der Waals surface area contributed by atoms with Gasteiger partial charge < -0.3 is 10.1 Å². The summed E-state index contributed by atoms with van der Waals surface area (Å²) in [6.45, 7) is 4.44. The molecular formula is C12H20N2O3S. The Morgan fingerprint density at radius 2 is 2.17 bits per heavy atom. The number of hydrogen-bond donors (Lipinski definition) is 1. The number of anilines is 1. The molecule has 1 rings (SSSR count). The molecule has 0 unspecified atom stereocenters. The van der Waals surface area contributed by atoms with E-state index in [2.05, 4.69) is 10.3 Å². The molecule has 0 saturated heterocycles. The first-order chi connectivity index (χ1) is 8.38. The molecule has 1 N–H and O–H groups in total. The lowest BCUT2D eigenvalue weighted by Crippen LogP contribution is -2.13. The molecule has 18 heavy (non-hydrogen) atoms. The van der Waals surface area contributed by atoms with E-state index in [4.69, 9.17) is 4.74 Å². The van der Waals surface area contributed by atoms with Crippen LogP contribution in [0.2, 0.25) is 0 Å². The fourth-order valence-electron chi connectivity index (χ4n) is 1.41. The van der Waals surface area contributed by atoms with Crippen LogP contribution >= 0.6 is 0 Å². The van der Waals surface area contributed by atoms with Gasteiger partial charge in [0, 0.05) is 19.0 Å². The predicted octanol–water partition coefficient (Wildman–Crippen LogP) is 1.72. The van der Waals surface area contributed by atoms with Gasteiger partial charge in [-0.05, 0) is 32.4 Å². The van der Waals surface area contributed by atoms with E-state index in [1.165, 1.54) is 6.26 Å². The zero-order chi connectivity index (χ0) is 13.6. The van der Waals surface area contributed by atoms with Crippen LogP contribution in [0.15, 0.2) is 18.3 Å². The van der Waals surface area contributed by atoms with Crippen molar-refractivity contribution >= 4 is 15.7 Å². The lowest BCUT2D eigenvalue weighted by Gasteiger charge is -2.14. The van der Waals surface area contributed by atoms with Crippen LogP contribution in [0.1, 0.15) is 20.3 Å². The SMILES string of the molecule is CC(C)Oc1cccnc1NCCCS(C)(=O)=O. The van der Waals surface area contributed by atoms with Crippen molar-refractivity contribution in [3.63, 3.8) is 0 Å². The minimum Gasteiger partial charge on any atom is -0.487 e. The molecule has 0 radical (unpaired) electrons. The molecule has 0 aliphatic rings. The van der Waals surface area contributed by atoms with Gasteiger partial charge in [0.15, 0.2) is 11.6 Å². The zero-order valence-corrected chi connectivity index (χ0v) is 11.8. The second-order valence-corrected chi connectivity index (χ2v) is 6.69. The summed E-state index contributed by atoms with van der Waals surface area (Å²) in [6, 6.07) is 3.64. The second-order valence-electron chi connectivity index (χ2n) is 4.43. The largest absolute Gasteiger partial charge is 0.487 e. The number of ether oxygens (including phenoxy) is 1. The molecule has 5 nitrogen and oxygen atoms in total. The minimum absolute atomic E-state index is 0.0748. The fourth-order valence-corrected chi connectivity index (χ4v) is 2.08. The summed E-state index contributed by atoms with van der Waals surface area (Å²) < 4.78 is 27.6. The molecule has 0 atom stereocenters. The summed E-state index contributed by atoms with van der Waals surface area (Å²) in [7, 11) is -2.90. The molecule has 0 aliphatic heterocycles. The van der Waals surface area contributed by atoms with Crippen LogP contribution < -0.4 is 10.1 Å². The number of nitrogens with one attached hydrogen (secondary N) is 1. The highest BCUT2D eigenvalue weighted by Gasteiger charge is 2.06. The van der Waals surface area contributed by atoms with Crippen LogP contribution in [0.25, 0.3) is 0 Å². The molecule has 0 spiro atoms. The van der Waals surface area contributed by atoms with Gasteiger partial charge in [0.1, 0.15) is 9.84 Å². The number of rotatable bonds is 7. The minimum atomic E-state index is -2.90. The van der Waals surface area contributed by atoms with Crippen LogP contribution in [-0.4, -0.2) is 38.1 Å². The van der Waals surface area contributed by atoms with Crippen molar-refractivity contribution in [2.24, 2.45) is 0 Å². The molecule has 6 heteroatoms. The quantitative estimate of drug-likeness (QED) is 0.765. The first-order valence-electron chi connectivity index (χ1n) is 5.92.